The minimum Gasteiger partial charge on any atom is -0.444 e. The third-order valence-electron chi connectivity index (χ3n) is 3.88. The second kappa shape index (κ2) is 7.44. The Morgan fingerprint density at radius 3 is 2.54 bits per heavy atom. The van der Waals surface area contributed by atoms with Crippen LogP contribution in [0.15, 0.2) is 12.1 Å². The van der Waals surface area contributed by atoms with Gasteiger partial charge in [0.15, 0.2) is 0 Å². The minimum atomic E-state index is -0.707. The van der Waals surface area contributed by atoms with Crippen molar-refractivity contribution in [3.63, 3.8) is 0 Å². The van der Waals surface area contributed by atoms with Crippen molar-refractivity contribution in [2.75, 3.05) is 13.1 Å². The summed E-state index contributed by atoms with van der Waals surface area (Å²) in [6.45, 7) is 5.80. The molecule has 1 saturated heterocycles. The van der Waals surface area contributed by atoms with E-state index in [0.29, 0.717) is 19.5 Å². The normalized spacial score (nSPS) is 21.4. The molecule has 1 aliphatic heterocycles. The Morgan fingerprint density at radius 2 is 2.00 bits per heavy atom. The molecule has 1 aromatic rings. The standard InChI is InChI=1S/C17H24F2N2O3/c1-17(2,3)24-16(23)21-14-8-20-5-4-11(14)15-12(18)6-10(9-22)7-13(15)19/h6-7,11,14,20,22H,4-5,8-9H2,1-3H3,(H,21,23)/t11?,14-/m0/s1. The van der Waals surface area contributed by atoms with Gasteiger partial charge in [-0.1, -0.05) is 0 Å². The van der Waals surface area contributed by atoms with Gasteiger partial charge in [-0.3, -0.25) is 0 Å². The van der Waals surface area contributed by atoms with Crippen LogP contribution in [0.4, 0.5) is 13.6 Å². The molecule has 134 valence electrons. The number of halogens is 2. The van der Waals surface area contributed by atoms with Gasteiger partial charge in [-0.15, -0.1) is 0 Å². The van der Waals surface area contributed by atoms with Crippen LogP contribution in [0, 0.1) is 11.6 Å². The van der Waals surface area contributed by atoms with Crippen molar-refractivity contribution in [2.45, 2.75) is 51.4 Å². The SMILES string of the molecule is CC(C)(C)OC(=O)N[C@H]1CNCCC1c1c(F)cc(CO)cc1F. The van der Waals surface area contributed by atoms with E-state index in [1.807, 2.05) is 0 Å². The smallest absolute Gasteiger partial charge is 0.407 e. The summed E-state index contributed by atoms with van der Waals surface area (Å²) in [7, 11) is 0. The summed E-state index contributed by atoms with van der Waals surface area (Å²) >= 11 is 0. The van der Waals surface area contributed by atoms with Gasteiger partial charge in [-0.25, -0.2) is 13.6 Å². The van der Waals surface area contributed by atoms with E-state index >= 15 is 0 Å². The molecule has 7 heteroatoms. The van der Waals surface area contributed by atoms with Gasteiger partial charge in [-0.05, 0) is 51.4 Å². The zero-order valence-electron chi connectivity index (χ0n) is 14.2. The Labute approximate surface area is 140 Å². The van der Waals surface area contributed by atoms with E-state index in [1.54, 1.807) is 20.8 Å². The molecule has 0 aromatic heterocycles. The lowest BCUT2D eigenvalue weighted by molar-refractivity contribution is 0.0488. The third kappa shape index (κ3) is 4.64. The summed E-state index contributed by atoms with van der Waals surface area (Å²) in [6, 6.07) is 1.77. The van der Waals surface area contributed by atoms with Crippen molar-refractivity contribution >= 4 is 6.09 Å². The molecule has 5 nitrogen and oxygen atoms in total. The number of amides is 1. The highest BCUT2D eigenvalue weighted by Crippen LogP contribution is 2.31. The molecule has 1 aliphatic rings. The van der Waals surface area contributed by atoms with Gasteiger partial charge in [0.1, 0.15) is 17.2 Å². The van der Waals surface area contributed by atoms with Crippen molar-refractivity contribution in [1.29, 1.82) is 0 Å². The summed E-state index contributed by atoms with van der Waals surface area (Å²) in [5.41, 5.74) is -0.532. The monoisotopic (exact) mass is 342 g/mol. The molecule has 0 radical (unpaired) electrons. The number of hydrogen-bond acceptors (Lipinski definition) is 4. The summed E-state index contributed by atoms with van der Waals surface area (Å²) in [5, 5.41) is 14.9. The van der Waals surface area contributed by atoms with Crippen molar-refractivity contribution in [1.82, 2.24) is 10.6 Å². The first-order chi connectivity index (χ1) is 11.2. The molecule has 2 atom stereocenters. The highest BCUT2D eigenvalue weighted by Gasteiger charge is 2.33. The number of benzene rings is 1. The molecular weight excluding hydrogens is 318 g/mol. The molecule has 1 unspecified atom stereocenters. The number of piperidine rings is 1. The van der Waals surface area contributed by atoms with E-state index in [2.05, 4.69) is 10.6 Å². The predicted molar refractivity (Wildman–Crippen MR) is 85.7 cm³/mol. The van der Waals surface area contributed by atoms with Gasteiger partial charge in [-0.2, -0.15) is 0 Å². The number of carbonyl (C=O) groups is 1. The van der Waals surface area contributed by atoms with Crippen LogP contribution in [0.2, 0.25) is 0 Å². The highest BCUT2D eigenvalue weighted by molar-refractivity contribution is 5.68. The number of ether oxygens (including phenoxy) is 1. The maximum Gasteiger partial charge on any atom is 0.407 e. The van der Waals surface area contributed by atoms with Crippen LogP contribution in [0.25, 0.3) is 0 Å². The van der Waals surface area contributed by atoms with Gasteiger partial charge in [0.25, 0.3) is 0 Å². The van der Waals surface area contributed by atoms with Crippen LogP contribution in [0.5, 0.6) is 0 Å². The third-order valence-corrected chi connectivity index (χ3v) is 3.88. The van der Waals surface area contributed by atoms with Crippen LogP contribution >= 0.6 is 0 Å². The van der Waals surface area contributed by atoms with Crippen LogP contribution < -0.4 is 10.6 Å². The van der Waals surface area contributed by atoms with Gasteiger partial charge in [0.2, 0.25) is 0 Å². The minimum absolute atomic E-state index is 0.0604. The summed E-state index contributed by atoms with van der Waals surface area (Å²) in [4.78, 5) is 12.0. The number of aliphatic hydroxyl groups excluding tert-OH is 1. The number of aliphatic hydroxyl groups is 1. The Hall–Kier alpha value is -1.73. The van der Waals surface area contributed by atoms with Crippen molar-refractivity contribution in [2.24, 2.45) is 0 Å². The zero-order valence-corrected chi connectivity index (χ0v) is 14.2. The molecule has 0 aliphatic carbocycles. The van der Waals surface area contributed by atoms with E-state index in [9.17, 15) is 13.6 Å². The second-order valence-electron chi connectivity index (χ2n) is 6.98. The Bertz CT molecular complexity index is 579. The fraction of sp³-hybridized carbons (Fsp3) is 0.588. The van der Waals surface area contributed by atoms with Gasteiger partial charge < -0.3 is 20.5 Å². The van der Waals surface area contributed by atoms with Gasteiger partial charge in [0, 0.05) is 18.0 Å². The first-order valence-electron chi connectivity index (χ1n) is 8.00. The molecule has 1 fully saturated rings. The topological polar surface area (TPSA) is 70.6 Å². The zero-order chi connectivity index (χ0) is 17.9. The molecule has 0 saturated carbocycles. The highest BCUT2D eigenvalue weighted by atomic mass is 19.1. The summed E-state index contributed by atoms with van der Waals surface area (Å²) in [6.07, 6.45) is -0.138. The lowest BCUT2D eigenvalue weighted by Gasteiger charge is -2.34. The molecule has 3 N–H and O–H groups in total. The van der Waals surface area contributed by atoms with E-state index in [4.69, 9.17) is 9.84 Å². The van der Waals surface area contributed by atoms with Crippen molar-refractivity contribution in [3.8, 4) is 0 Å². The van der Waals surface area contributed by atoms with Crippen molar-refractivity contribution < 1.29 is 23.4 Å². The Morgan fingerprint density at radius 1 is 1.38 bits per heavy atom. The Kier molecular flexibility index (Phi) is 5.77. The number of rotatable bonds is 3. The van der Waals surface area contributed by atoms with E-state index in [0.717, 1.165) is 12.1 Å². The molecular formula is C17H24F2N2O3. The van der Waals surface area contributed by atoms with Crippen LogP contribution in [0.1, 0.15) is 44.2 Å². The van der Waals surface area contributed by atoms with E-state index in [1.165, 1.54) is 0 Å². The molecule has 0 bridgehead atoms. The van der Waals surface area contributed by atoms with Crippen LogP contribution in [0.3, 0.4) is 0 Å². The summed E-state index contributed by atoms with van der Waals surface area (Å²) < 4.78 is 33.9. The maximum atomic E-state index is 14.3. The Balaban J connectivity index is 2.22. The van der Waals surface area contributed by atoms with Crippen LogP contribution in [-0.2, 0) is 11.3 Å². The van der Waals surface area contributed by atoms with E-state index < -0.39 is 41.9 Å². The fourth-order valence-electron chi connectivity index (χ4n) is 2.90. The van der Waals surface area contributed by atoms with Gasteiger partial charge in [0.05, 0.1) is 12.6 Å². The molecule has 0 spiro atoms. The quantitative estimate of drug-likeness (QED) is 0.789. The van der Waals surface area contributed by atoms with Crippen LogP contribution in [-0.4, -0.2) is 35.9 Å². The maximum absolute atomic E-state index is 14.3. The average Bonchev–Trinajstić information content (AvgIpc) is 2.46. The second-order valence-corrected chi connectivity index (χ2v) is 6.98. The lowest BCUT2D eigenvalue weighted by Crippen LogP contribution is -2.51. The number of nitrogens with one attached hydrogen (secondary N) is 2. The number of carbonyl (C=O) groups excluding carboxylic acids is 1. The number of alkyl carbamates (subject to hydrolysis) is 1. The first-order valence-corrected chi connectivity index (χ1v) is 8.00. The van der Waals surface area contributed by atoms with Crippen molar-refractivity contribution in [3.05, 3.63) is 34.9 Å². The average molecular weight is 342 g/mol. The molecule has 24 heavy (non-hydrogen) atoms. The first kappa shape index (κ1) is 18.6. The lowest BCUT2D eigenvalue weighted by atomic mass is 9.85. The predicted octanol–water partition coefficient (Wildman–Crippen LogP) is 2.43. The summed E-state index contributed by atoms with van der Waals surface area (Å²) in [5.74, 6) is -1.92. The van der Waals surface area contributed by atoms with E-state index in [-0.39, 0.29) is 11.1 Å². The molecule has 1 aromatic carbocycles. The number of hydrogen-bond donors (Lipinski definition) is 3. The van der Waals surface area contributed by atoms with Gasteiger partial charge >= 0.3 is 6.09 Å². The largest absolute Gasteiger partial charge is 0.444 e. The molecule has 1 heterocycles. The molecule has 2 rings (SSSR count). The molecule has 1 amide bonds. The fourth-order valence-corrected chi connectivity index (χ4v) is 2.90.